The van der Waals surface area contributed by atoms with E-state index in [1.54, 1.807) is 30.3 Å². The lowest BCUT2D eigenvalue weighted by Crippen LogP contribution is -2.41. The van der Waals surface area contributed by atoms with Crippen molar-refractivity contribution in [1.82, 2.24) is 4.31 Å². The first kappa shape index (κ1) is 27.6. The van der Waals surface area contributed by atoms with Crippen LogP contribution >= 0.6 is 11.6 Å². The van der Waals surface area contributed by atoms with Crippen LogP contribution in [0.4, 0.5) is 18.9 Å². The van der Waals surface area contributed by atoms with Gasteiger partial charge in [-0.05, 0) is 47.9 Å². The van der Waals surface area contributed by atoms with Gasteiger partial charge in [0.1, 0.15) is 0 Å². The standard InChI is InChI=1S/C26H22ClF3N2O5S/c27-21-11-10-18(26(28,29)30)14-22(21)31-24(33)16-37-25(34)15-23-20-9-5-4-6-17(20)12-13-32(23)38(35,36)19-7-2-1-3-8-19/h1-11,14,23H,12-13,15-16H2,(H,31,33)/t23-/m0/s1. The summed E-state index contributed by atoms with van der Waals surface area (Å²) in [5.74, 6) is -1.76. The summed E-state index contributed by atoms with van der Waals surface area (Å²) in [6.45, 7) is -0.661. The molecule has 1 N–H and O–H groups in total. The van der Waals surface area contributed by atoms with E-state index in [1.807, 2.05) is 12.1 Å². The van der Waals surface area contributed by atoms with E-state index in [9.17, 15) is 31.2 Å². The molecule has 0 unspecified atom stereocenters. The number of amides is 1. The summed E-state index contributed by atoms with van der Waals surface area (Å²) in [6.07, 6.45) is -4.56. The highest BCUT2D eigenvalue weighted by atomic mass is 35.5. The summed E-state index contributed by atoms with van der Waals surface area (Å²) >= 11 is 5.89. The summed E-state index contributed by atoms with van der Waals surface area (Å²) in [7, 11) is -3.95. The summed E-state index contributed by atoms with van der Waals surface area (Å²) in [6, 6.07) is 16.5. The van der Waals surface area contributed by atoms with Gasteiger partial charge in [-0.3, -0.25) is 9.59 Å². The largest absolute Gasteiger partial charge is 0.456 e. The van der Waals surface area contributed by atoms with Crippen LogP contribution in [-0.2, 0) is 36.9 Å². The van der Waals surface area contributed by atoms with Gasteiger partial charge in [0.2, 0.25) is 10.0 Å². The summed E-state index contributed by atoms with van der Waals surface area (Å²) in [4.78, 5) is 25.1. The lowest BCUT2D eigenvalue weighted by molar-refractivity contribution is -0.148. The second kappa shape index (κ2) is 11.1. The fourth-order valence-corrected chi connectivity index (χ4v) is 5.99. The minimum atomic E-state index is -4.64. The fraction of sp³-hybridized carbons (Fsp3) is 0.231. The highest BCUT2D eigenvalue weighted by Crippen LogP contribution is 2.37. The molecule has 3 aromatic rings. The van der Waals surface area contributed by atoms with E-state index < -0.39 is 46.3 Å². The van der Waals surface area contributed by atoms with Crippen molar-refractivity contribution in [1.29, 1.82) is 0 Å². The molecule has 0 saturated heterocycles. The monoisotopic (exact) mass is 566 g/mol. The Bertz CT molecular complexity index is 1450. The van der Waals surface area contributed by atoms with Crippen LogP contribution in [0, 0.1) is 0 Å². The number of hydrogen-bond acceptors (Lipinski definition) is 5. The Morgan fingerprint density at radius 2 is 1.71 bits per heavy atom. The van der Waals surface area contributed by atoms with Crippen LogP contribution in [0.5, 0.6) is 0 Å². The third-order valence-corrected chi connectivity index (χ3v) is 8.26. The van der Waals surface area contributed by atoms with E-state index >= 15 is 0 Å². The molecule has 3 aromatic carbocycles. The van der Waals surface area contributed by atoms with Gasteiger partial charge in [-0.25, -0.2) is 8.42 Å². The number of benzene rings is 3. The molecule has 0 bridgehead atoms. The van der Waals surface area contributed by atoms with E-state index in [4.69, 9.17) is 16.3 Å². The Balaban J connectivity index is 1.47. The molecule has 38 heavy (non-hydrogen) atoms. The molecule has 4 rings (SSSR count). The molecule has 1 amide bonds. The molecule has 12 heteroatoms. The zero-order chi connectivity index (χ0) is 27.5. The van der Waals surface area contributed by atoms with Gasteiger partial charge < -0.3 is 10.1 Å². The molecule has 0 aliphatic carbocycles. The number of ether oxygens (including phenoxy) is 1. The molecule has 0 aromatic heterocycles. The molecule has 7 nitrogen and oxygen atoms in total. The van der Waals surface area contributed by atoms with Gasteiger partial charge in [0, 0.05) is 6.54 Å². The number of carbonyl (C=O) groups excluding carboxylic acids is 2. The number of carbonyl (C=O) groups is 2. The quantitative estimate of drug-likeness (QED) is 0.396. The van der Waals surface area contributed by atoms with Gasteiger partial charge in [0.25, 0.3) is 5.91 Å². The smallest absolute Gasteiger partial charge is 0.416 e. The molecular formula is C26H22ClF3N2O5S. The third kappa shape index (κ3) is 6.17. The fourth-order valence-electron chi connectivity index (χ4n) is 4.20. The number of rotatable bonds is 7. The van der Waals surface area contributed by atoms with Gasteiger partial charge in [0.15, 0.2) is 6.61 Å². The maximum Gasteiger partial charge on any atom is 0.416 e. The van der Waals surface area contributed by atoms with Gasteiger partial charge in [-0.1, -0.05) is 54.1 Å². The Labute approximate surface area is 222 Å². The summed E-state index contributed by atoms with van der Waals surface area (Å²) in [5.41, 5.74) is 0.242. The zero-order valence-electron chi connectivity index (χ0n) is 19.7. The lowest BCUT2D eigenvalue weighted by atomic mass is 9.92. The Hall–Kier alpha value is -3.41. The van der Waals surface area contributed by atoms with Crippen molar-refractivity contribution >= 4 is 39.2 Å². The minimum Gasteiger partial charge on any atom is -0.456 e. The van der Waals surface area contributed by atoms with Crippen molar-refractivity contribution in [3.63, 3.8) is 0 Å². The molecule has 0 radical (unpaired) electrons. The van der Waals surface area contributed by atoms with Crippen LogP contribution < -0.4 is 5.32 Å². The number of halogens is 4. The van der Waals surface area contributed by atoms with E-state index in [2.05, 4.69) is 5.32 Å². The number of fused-ring (bicyclic) bond motifs is 1. The number of alkyl halides is 3. The van der Waals surface area contributed by atoms with Gasteiger partial charge in [-0.2, -0.15) is 17.5 Å². The predicted octanol–water partition coefficient (Wildman–Crippen LogP) is 5.22. The number of nitrogens with one attached hydrogen (secondary N) is 1. The minimum absolute atomic E-state index is 0.0788. The van der Waals surface area contributed by atoms with Gasteiger partial charge in [0.05, 0.1) is 33.6 Å². The van der Waals surface area contributed by atoms with Crippen molar-refractivity contribution in [3.05, 3.63) is 94.5 Å². The van der Waals surface area contributed by atoms with Crippen LogP contribution in [-0.4, -0.2) is 37.8 Å². The Kier molecular flexibility index (Phi) is 8.10. The van der Waals surface area contributed by atoms with Crippen molar-refractivity contribution in [2.45, 2.75) is 30.0 Å². The number of hydrogen-bond donors (Lipinski definition) is 1. The van der Waals surface area contributed by atoms with Crippen LogP contribution in [0.3, 0.4) is 0 Å². The Morgan fingerprint density at radius 3 is 2.42 bits per heavy atom. The number of esters is 1. The van der Waals surface area contributed by atoms with E-state index in [0.29, 0.717) is 18.1 Å². The first-order valence-corrected chi connectivity index (χ1v) is 13.3. The van der Waals surface area contributed by atoms with Crippen molar-refractivity contribution in [2.24, 2.45) is 0 Å². The first-order chi connectivity index (χ1) is 18.0. The lowest BCUT2D eigenvalue weighted by Gasteiger charge is -2.36. The molecule has 1 heterocycles. The number of sulfonamides is 1. The van der Waals surface area contributed by atoms with E-state index in [0.717, 1.165) is 17.7 Å². The molecule has 1 aliphatic rings. The van der Waals surface area contributed by atoms with Gasteiger partial charge >= 0.3 is 12.1 Å². The van der Waals surface area contributed by atoms with Crippen molar-refractivity contribution in [3.8, 4) is 0 Å². The topological polar surface area (TPSA) is 92.8 Å². The molecule has 200 valence electrons. The summed E-state index contributed by atoms with van der Waals surface area (Å²) in [5, 5.41) is 2.07. The molecule has 0 saturated carbocycles. The predicted molar refractivity (Wildman–Crippen MR) is 134 cm³/mol. The Morgan fingerprint density at radius 1 is 1.03 bits per heavy atom. The van der Waals surface area contributed by atoms with Crippen LogP contribution in [0.15, 0.2) is 77.7 Å². The molecule has 0 spiro atoms. The molecule has 1 aliphatic heterocycles. The van der Waals surface area contributed by atoms with E-state index in [-0.39, 0.29) is 28.6 Å². The highest BCUT2D eigenvalue weighted by molar-refractivity contribution is 7.89. The van der Waals surface area contributed by atoms with Gasteiger partial charge in [-0.15, -0.1) is 0 Å². The maximum atomic E-state index is 13.4. The maximum absolute atomic E-state index is 13.4. The zero-order valence-corrected chi connectivity index (χ0v) is 21.3. The second-order valence-electron chi connectivity index (χ2n) is 8.50. The first-order valence-electron chi connectivity index (χ1n) is 11.4. The number of anilines is 1. The van der Waals surface area contributed by atoms with Crippen LogP contribution in [0.2, 0.25) is 5.02 Å². The average molecular weight is 567 g/mol. The second-order valence-corrected chi connectivity index (χ2v) is 10.8. The van der Waals surface area contributed by atoms with E-state index in [1.165, 1.54) is 16.4 Å². The molecule has 1 atom stereocenters. The molecule has 0 fully saturated rings. The molecular weight excluding hydrogens is 545 g/mol. The third-order valence-electron chi connectivity index (χ3n) is 6.01. The average Bonchev–Trinajstić information content (AvgIpc) is 2.88. The summed E-state index contributed by atoms with van der Waals surface area (Å²) < 4.78 is 72.0. The highest BCUT2D eigenvalue weighted by Gasteiger charge is 2.38. The van der Waals surface area contributed by atoms with Crippen molar-refractivity contribution in [2.75, 3.05) is 18.5 Å². The van der Waals surface area contributed by atoms with Crippen LogP contribution in [0.25, 0.3) is 0 Å². The number of nitrogens with zero attached hydrogens (tertiary/aromatic N) is 1. The SMILES string of the molecule is O=C(COC(=O)C[C@H]1c2ccccc2CCN1S(=O)(=O)c1ccccc1)Nc1cc(C(F)(F)F)ccc1Cl. The normalized spacial score (nSPS) is 15.9. The van der Waals surface area contributed by atoms with Crippen molar-refractivity contribution < 1.29 is 35.9 Å². The van der Waals surface area contributed by atoms with Crippen LogP contribution in [0.1, 0.15) is 29.2 Å².